The first-order valence-electron chi connectivity index (χ1n) is 6.41. The fourth-order valence-electron chi connectivity index (χ4n) is 1.95. The Morgan fingerprint density at radius 1 is 1.25 bits per heavy atom. The molecule has 0 fully saturated rings. The van der Waals surface area contributed by atoms with Crippen molar-refractivity contribution in [1.29, 1.82) is 0 Å². The zero-order valence-electron chi connectivity index (χ0n) is 11.4. The highest BCUT2D eigenvalue weighted by atomic mass is 16.5. The highest BCUT2D eigenvalue weighted by molar-refractivity contribution is 5.59. The van der Waals surface area contributed by atoms with Gasteiger partial charge < -0.3 is 10.1 Å². The summed E-state index contributed by atoms with van der Waals surface area (Å²) in [4.78, 5) is 8.55. The molecule has 0 atom stereocenters. The molecule has 20 heavy (non-hydrogen) atoms. The van der Waals surface area contributed by atoms with Gasteiger partial charge in [0.05, 0.1) is 7.11 Å². The lowest BCUT2D eigenvalue weighted by atomic mass is 10.3. The smallest absolute Gasteiger partial charge is 0.254 e. The minimum atomic E-state index is 0.598. The van der Waals surface area contributed by atoms with Gasteiger partial charge in [-0.2, -0.15) is 14.6 Å². The van der Waals surface area contributed by atoms with Gasteiger partial charge in [0.2, 0.25) is 0 Å². The largest absolute Gasteiger partial charge is 0.497 e. The van der Waals surface area contributed by atoms with Gasteiger partial charge >= 0.3 is 0 Å². The van der Waals surface area contributed by atoms with Crippen LogP contribution in [0.1, 0.15) is 12.6 Å². The van der Waals surface area contributed by atoms with Gasteiger partial charge in [-0.15, -0.1) is 0 Å². The highest BCUT2D eigenvalue weighted by Gasteiger charge is 2.07. The molecule has 0 radical (unpaired) electrons. The molecule has 0 amide bonds. The Balaban J connectivity index is 1.98. The molecule has 0 saturated heterocycles. The normalized spacial score (nSPS) is 10.7. The first-order valence-corrected chi connectivity index (χ1v) is 6.41. The minimum absolute atomic E-state index is 0.598. The summed E-state index contributed by atoms with van der Waals surface area (Å²) >= 11 is 0. The maximum absolute atomic E-state index is 5.15. The molecule has 1 aromatic carbocycles. The van der Waals surface area contributed by atoms with Crippen LogP contribution < -0.4 is 10.1 Å². The van der Waals surface area contributed by atoms with Gasteiger partial charge in [-0.1, -0.05) is 6.92 Å². The summed E-state index contributed by atoms with van der Waals surface area (Å²) in [6.07, 6.45) is 2.35. The molecule has 1 N–H and O–H groups in total. The molecule has 3 rings (SSSR count). The molecule has 3 aromatic rings. The van der Waals surface area contributed by atoms with E-state index in [-0.39, 0.29) is 0 Å². The summed E-state index contributed by atoms with van der Waals surface area (Å²) in [6.45, 7) is 2.06. The van der Waals surface area contributed by atoms with Gasteiger partial charge in [-0.05, 0) is 30.7 Å². The third kappa shape index (κ3) is 2.27. The van der Waals surface area contributed by atoms with Crippen molar-refractivity contribution in [3.05, 3.63) is 42.4 Å². The molecule has 2 aromatic heterocycles. The van der Waals surface area contributed by atoms with Crippen LogP contribution in [-0.2, 0) is 6.42 Å². The number of aromatic nitrogens is 4. The van der Waals surface area contributed by atoms with Gasteiger partial charge in [0, 0.05) is 17.4 Å². The lowest BCUT2D eigenvalue weighted by Crippen LogP contribution is -2.03. The Morgan fingerprint density at radius 2 is 2.05 bits per heavy atom. The van der Waals surface area contributed by atoms with Crippen molar-refractivity contribution in [2.24, 2.45) is 0 Å². The van der Waals surface area contributed by atoms with Crippen molar-refractivity contribution in [3.8, 4) is 5.75 Å². The van der Waals surface area contributed by atoms with E-state index in [1.807, 2.05) is 30.3 Å². The summed E-state index contributed by atoms with van der Waals surface area (Å²) in [5.41, 5.74) is 1.93. The zero-order chi connectivity index (χ0) is 13.9. The van der Waals surface area contributed by atoms with E-state index in [9.17, 15) is 0 Å². The minimum Gasteiger partial charge on any atom is -0.497 e. The number of methoxy groups -OCH3 is 1. The van der Waals surface area contributed by atoms with Gasteiger partial charge in [0.15, 0.2) is 0 Å². The van der Waals surface area contributed by atoms with E-state index in [2.05, 4.69) is 27.3 Å². The van der Waals surface area contributed by atoms with E-state index >= 15 is 0 Å². The first-order chi connectivity index (χ1) is 9.80. The number of ether oxygens (including phenoxy) is 1. The van der Waals surface area contributed by atoms with E-state index in [1.165, 1.54) is 6.33 Å². The summed E-state index contributed by atoms with van der Waals surface area (Å²) in [6, 6.07) is 9.69. The van der Waals surface area contributed by atoms with Crippen LogP contribution in [0.5, 0.6) is 5.75 Å². The van der Waals surface area contributed by atoms with Crippen LogP contribution in [0.25, 0.3) is 5.78 Å². The van der Waals surface area contributed by atoms with Crippen LogP contribution in [0, 0.1) is 0 Å². The number of hydrogen-bond acceptors (Lipinski definition) is 5. The Morgan fingerprint density at radius 3 is 2.75 bits per heavy atom. The number of rotatable bonds is 4. The van der Waals surface area contributed by atoms with Crippen LogP contribution in [0.3, 0.4) is 0 Å². The number of fused-ring (bicyclic) bond motifs is 1. The second-order valence-electron chi connectivity index (χ2n) is 4.31. The summed E-state index contributed by atoms with van der Waals surface area (Å²) in [5.74, 6) is 2.26. The van der Waals surface area contributed by atoms with Gasteiger partial charge in [0.25, 0.3) is 5.78 Å². The van der Waals surface area contributed by atoms with Crippen molar-refractivity contribution in [1.82, 2.24) is 19.6 Å². The summed E-state index contributed by atoms with van der Waals surface area (Å²) in [5, 5.41) is 7.50. The number of aryl methyl sites for hydroxylation is 1. The Hall–Kier alpha value is -2.63. The summed E-state index contributed by atoms with van der Waals surface area (Å²) in [7, 11) is 1.65. The van der Waals surface area contributed by atoms with E-state index in [0.717, 1.165) is 29.4 Å². The number of anilines is 2. The Bertz CT molecular complexity index is 720. The SMILES string of the molecule is CCc1cc(Nc2ccc(OC)cc2)n2ncnc2n1. The molecule has 0 saturated carbocycles. The zero-order valence-corrected chi connectivity index (χ0v) is 11.4. The molecule has 0 unspecified atom stereocenters. The molecule has 0 aliphatic heterocycles. The number of benzene rings is 1. The molecule has 6 nitrogen and oxygen atoms in total. The lowest BCUT2D eigenvalue weighted by Gasteiger charge is -2.09. The molecule has 0 spiro atoms. The monoisotopic (exact) mass is 269 g/mol. The van der Waals surface area contributed by atoms with Gasteiger partial charge in [0.1, 0.15) is 17.9 Å². The van der Waals surface area contributed by atoms with Crippen molar-refractivity contribution in [3.63, 3.8) is 0 Å². The van der Waals surface area contributed by atoms with E-state index in [1.54, 1.807) is 11.6 Å². The molecular weight excluding hydrogens is 254 g/mol. The Kier molecular flexibility index (Phi) is 3.20. The molecule has 102 valence electrons. The fourth-order valence-corrected chi connectivity index (χ4v) is 1.95. The van der Waals surface area contributed by atoms with Crippen LogP contribution in [0.2, 0.25) is 0 Å². The van der Waals surface area contributed by atoms with Crippen molar-refractivity contribution in [2.75, 3.05) is 12.4 Å². The predicted molar refractivity (Wildman–Crippen MR) is 76.4 cm³/mol. The average Bonchev–Trinajstić information content (AvgIpc) is 2.96. The molecule has 0 aliphatic rings. The highest BCUT2D eigenvalue weighted by Crippen LogP contribution is 2.20. The second-order valence-corrected chi connectivity index (χ2v) is 4.31. The van der Waals surface area contributed by atoms with Crippen LogP contribution >= 0.6 is 0 Å². The third-order valence-corrected chi connectivity index (χ3v) is 3.03. The molecule has 0 bridgehead atoms. The molecular formula is C14H15N5O. The van der Waals surface area contributed by atoms with Crippen molar-refractivity contribution < 1.29 is 4.74 Å². The third-order valence-electron chi connectivity index (χ3n) is 3.03. The predicted octanol–water partition coefficient (Wildman–Crippen LogP) is 2.44. The summed E-state index contributed by atoms with van der Waals surface area (Å²) < 4.78 is 6.83. The molecule has 0 aliphatic carbocycles. The maximum atomic E-state index is 5.15. The van der Waals surface area contributed by atoms with E-state index in [0.29, 0.717) is 5.78 Å². The maximum Gasteiger partial charge on any atom is 0.254 e. The Labute approximate surface area is 116 Å². The van der Waals surface area contributed by atoms with Gasteiger partial charge in [-0.25, -0.2) is 4.98 Å². The number of hydrogen-bond donors (Lipinski definition) is 1. The number of nitrogens with zero attached hydrogens (tertiary/aromatic N) is 4. The van der Waals surface area contributed by atoms with Crippen LogP contribution in [0.15, 0.2) is 36.7 Å². The van der Waals surface area contributed by atoms with E-state index in [4.69, 9.17) is 4.74 Å². The fraction of sp³-hybridized carbons (Fsp3) is 0.214. The van der Waals surface area contributed by atoms with Crippen LogP contribution in [-0.4, -0.2) is 26.7 Å². The second kappa shape index (κ2) is 5.16. The first kappa shape index (κ1) is 12.4. The van der Waals surface area contributed by atoms with Crippen molar-refractivity contribution >= 4 is 17.3 Å². The average molecular weight is 269 g/mol. The van der Waals surface area contributed by atoms with Crippen LogP contribution in [0.4, 0.5) is 11.5 Å². The van der Waals surface area contributed by atoms with E-state index < -0.39 is 0 Å². The van der Waals surface area contributed by atoms with Gasteiger partial charge in [-0.3, -0.25) is 0 Å². The number of nitrogens with one attached hydrogen (secondary N) is 1. The standard InChI is InChI=1S/C14H15N5O/c1-3-10-8-13(19-14(18-10)15-9-16-19)17-11-4-6-12(20-2)7-5-11/h4-9,17H,3H2,1-2H3. The molecule has 6 heteroatoms. The quantitative estimate of drug-likeness (QED) is 0.788. The topological polar surface area (TPSA) is 64.3 Å². The van der Waals surface area contributed by atoms with Crippen molar-refractivity contribution in [2.45, 2.75) is 13.3 Å². The lowest BCUT2D eigenvalue weighted by molar-refractivity contribution is 0.415. The molecule has 2 heterocycles.